The summed E-state index contributed by atoms with van der Waals surface area (Å²) in [6.07, 6.45) is 0. The van der Waals surface area contributed by atoms with E-state index in [0.717, 1.165) is 5.56 Å². The Labute approximate surface area is 172 Å². The van der Waals surface area contributed by atoms with Gasteiger partial charge in [-0.2, -0.15) is 0 Å². The molecule has 0 aliphatic heterocycles. The summed E-state index contributed by atoms with van der Waals surface area (Å²) in [5.74, 6) is 0.681. The van der Waals surface area contributed by atoms with E-state index in [2.05, 4.69) is 0 Å². The molecule has 0 aliphatic rings. The molecule has 0 fully saturated rings. The molecule has 0 saturated heterocycles. The SMILES string of the molecule is CC.CC.CC.CCOC(=O)c1cc(OCCOC)c(OCCOC)cc1C. The number of hydrogen-bond donors (Lipinski definition) is 0. The monoisotopic (exact) mass is 402 g/mol. The number of rotatable bonds is 10. The minimum atomic E-state index is -0.375. The first-order chi connectivity index (χ1) is 13.6. The highest BCUT2D eigenvalue weighted by molar-refractivity contribution is 5.92. The summed E-state index contributed by atoms with van der Waals surface area (Å²) < 4.78 is 26.3. The molecule has 0 atom stereocenters. The van der Waals surface area contributed by atoms with Crippen LogP contribution in [0.15, 0.2) is 12.1 Å². The predicted molar refractivity (Wildman–Crippen MR) is 116 cm³/mol. The molecule has 0 saturated carbocycles. The molecule has 6 nitrogen and oxygen atoms in total. The minimum absolute atomic E-state index is 0.324. The lowest BCUT2D eigenvalue weighted by molar-refractivity contribution is 0.0524. The molecular formula is C22H42O6. The Kier molecular flexibility index (Phi) is 25.7. The van der Waals surface area contributed by atoms with E-state index in [9.17, 15) is 4.79 Å². The first kappa shape index (κ1) is 30.9. The van der Waals surface area contributed by atoms with Crippen LogP contribution in [0.5, 0.6) is 11.5 Å². The van der Waals surface area contributed by atoms with Crippen molar-refractivity contribution in [3.05, 3.63) is 23.3 Å². The van der Waals surface area contributed by atoms with Crippen molar-refractivity contribution < 1.29 is 28.5 Å². The summed E-state index contributed by atoms with van der Waals surface area (Å²) >= 11 is 0. The number of methoxy groups -OCH3 is 2. The molecule has 1 aromatic carbocycles. The van der Waals surface area contributed by atoms with E-state index in [1.807, 2.05) is 48.5 Å². The van der Waals surface area contributed by atoms with Crippen molar-refractivity contribution >= 4 is 5.97 Å². The summed E-state index contributed by atoms with van der Waals surface area (Å²) in [4.78, 5) is 12.0. The Morgan fingerprint density at radius 1 is 0.786 bits per heavy atom. The van der Waals surface area contributed by atoms with Crippen LogP contribution in [0.2, 0.25) is 0 Å². The van der Waals surface area contributed by atoms with Gasteiger partial charge in [0.25, 0.3) is 0 Å². The second kappa shape index (κ2) is 23.2. The Balaban J connectivity index is -0.000000946. The molecule has 0 bridgehead atoms. The second-order valence-corrected chi connectivity index (χ2v) is 4.52. The van der Waals surface area contributed by atoms with Crippen LogP contribution in [0.4, 0.5) is 0 Å². The highest BCUT2D eigenvalue weighted by Crippen LogP contribution is 2.31. The quantitative estimate of drug-likeness (QED) is 0.391. The van der Waals surface area contributed by atoms with Crippen molar-refractivity contribution in [1.29, 1.82) is 0 Å². The molecular weight excluding hydrogens is 360 g/mol. The van der Waals surface area contributed by atoms with Crippen molar-refractivity contribution in [3.63, 3.8) is 0 Å². The molecule has 1 rings (SSSR count). The van der Waals surface area contributed by atoms with Crippen molar-refractivity contribution in [2.45, 2.75) is 55.4 Å². The van der Waals surface area contributed by atoms with E-state index < -0.39 is 0 Å². The van der Waals surface area contributed by atoms with Crippen molar-refractivity contribution in [2.75, 3.05) is 47.3 Å². The Hall–Kier alpha value is -1.79. The second-order valence-electron chi connectivity index (χ2n) is 4.52. The number of hydrogen-bond acceptors (Lipinski definition) is 6. The first-order valence-corrected chi connectivity index (χ1v) is 10.2. The summed E-state index contributed by atoms with van der Waals surface area (Å²) in [7, 11) is 3.20. The van der Waals surface area contributed by atoms with Gasteiger partial charge < -0.3 is 23.7 Å². The lowest BCUT2D eigenvalue weighted by atomic mass is 10.1. The molecule has 0 amide bonds. The van der Waals surface area contributed by atoms with E-state index in [1.54, 1.807) is 33.3 Å². The summed E-state index contributed by atoms with van der Waals surface area (Å²) in [5.41, 5.74) is 1.23. The van der Waals surface area contributed by atoms with E-state index >= 15 is 0 Å². The number of ether oxygens (including phenoxy) is 5. The molecule has 166 valence electrons. The van der Waals surface area contributed by atoms with Crippen LogP contribution in [0, 0.1) is 6.92 Å². The number of aryl methyl sites for hydroxylation is 1. The summed E-state index contributed by atoms with van der Waals surface area (Å²) in [6, 6.07) is 3.41. The van der Waals surface area contributed by atoms with Crippen LogP contribution in [0.25, 0.3) is 0 Å². The van der Waals surface area contributed by atoms with Crippen molar-refractivity contribution in [3.8, 4) is 11.5 Å². The normalized spacial score (nSPS) is 8.79. The Morgan fingerprint density at radius 2 is 1.21 bits per heavy atom. The van der Waals surface area contributed by atoms with Gasteiger partial charge in [0.15, 0.2) is 11.5 Å². The third kappa shape index (κ3) is 13.4. The number of esters is 1. The summed E-state index contributed by atoms with van der Waals surface area (Å²) in [5, 5.41) is 0. The average Bonchev–Trinajstić information content (AvgIpc) is 2.74. The van der Waals surface area contributed by atoms with Gasteiger partial charge in [-0.3, -0.25) is 0 Å². The van der Waals surface area contributed by atoms with Gasteiger partial charge in [-0.25, -0.2) is 4.79 Å². The van der Waals surface area contributed by atoms with Crippen LogP contribution in [0.1, 0.15) is 64.4 Å². The van der Waals surface area contributed by atoms with Crippen LogP contribution < -0.4 is 9.47 Å². The molecule has 0 aliphatic carbocycles. The minimum Gasteiger partial charge on any atom is -0.487 e. The lowest BCUT2D eigenvalue weighted by Crippen LogP contribution is -2.11. The number of carbonyl (C=O) groups is 1. The summed E-state index contributed by atoms with van der Waals surface area (Å²) in [6.45, 7) is 17.6. The van der Waals surface area contributed by atoms with Gasteiger partial charge in [-0.1, -0.05) is 41.5 Å². The fourth-order valence-corrected chi connectivity index (χ4v) is 1.79. The van der Waals surface area contributed by atoms with E-state index in [0.29, 0.717) is 50.1 Å². The molecule has 0 unspecified atom stereocenters. The maximum Gasteiger partial charge on any atom is 0.338 e. The maximum absolute atomic E-state index is 12.0. The predicted octanol–water partition coefficient (Wildman–Crippen LogP) is 5.30. The van der Waals surface area contributed by atoms with Gasteiger partial charge in [0.05, 0.1) is 25.4 Å². The number of carbonyl (C=O) groups excluding carboxylic acids is 1. The van der Waals surface area contributed by atoms with Crippen molar-refractivity contribution in [1.82, 2.24) is 0 Å². The fraction of sp³-hybridized carbons (Fsp3) is 0.682. The third-order valence-electron chi connectivity index (χ3n) is 2.88. The molecule has 0 radical (unpaired) electrons. The molecule has 0 N–H and O–H groups in total. The fourth-order valence-electron chi connectivity index (χ4n) is 1.79. The van der Waals surface area contributed by atoms with Gasteiger partial charge in [0, 0.05) is 14.2 Å². The zero-order chi connectivity index (χ0) is 22.4. The largest absolute Gasteiger partial charge is 0.487 e. The van der Waals surface area contributed by atoms with E-state index in [1.165, 1.54) is 0 Å². The average molecular weight is 403 g/mol. The zero-order valence-corrected chi connectivity index (χ0v) is 19.6. The van der Waals surface area contributed by atoms with Gasteiger partial charge in [-0.15, -0.1) is 0 Å². The number of benzene rings is 1. The lowest BCUT2D eigenvalue weighted by Gasteiger charge is -2.15. The van der Waals surface area contributed by atoms with Crippen LogP contribution in [-0.2, 0) is 14.2 Å². The molecule has 0 aromatic heterocycles. The molecule has 0 spiro atoms. The topological polar surface area (TPSA) is 63.2 Å². The third-order valence-corrected chi connectivity index (χ3v) is 2.88. The molecule has 6 heteroatoms. The van der Waals surface area contributed by atoms with E-state index in [-0.39, 0.29) is 5.97 Å². The van der Waals surface area contributed by atoms with Crippen molar-refractivity contribution in [2.24, 2.45) is 0 Å². The molecule has 1 aromatic rings. The highest BCUT2D eigenvalue weighted by atomic mass is 16.6. The van der Waals surface area contributed by atoms with Gasteiger partial charge in [0.2, 0.25) is 0 Å². The molecule has 0 heterocycles. The molecule has 28 heavy (non-hydrogen) atoms. The maximum atomic E-state index is 12.0. The van der Waals surface area contributed by atoms with Crippen LogP contribution in [-0.4, -0.2) is 53.2 Å². The van der Waals surface area contributed by atoms with Crippen LogP contribution in [0.3, 0.4) is 0 Å². The van der Waals surface area contributed by atoms with Crippen LogP contribution >= 0.6 is 0 Å². The zero-order valence-electron chi connectivity index (χ0n) is 19.6. The Bertz CT molecular complexity index is 474. The van der Waals surface area contributed by atoms with Gasteiger partial charge in [0.1, 0.15) is 13.2 Å². The first-order valence-electron chi connectivity index (χ1n) is 10.2. The van der Waals surface area contributed by atoms with Gasteiger partial charge in [-0.05, 0) is 31.5 Å². The standard InChI is InChI=1S/C16H24O6.3C2H6/c1-5-20-16(17)13-11-15(22-9-7-19-4)14(10-12(13)2)21-8-6-18-3;3*1-2/h10-11H,5-9H2,1-4H3;3*1-2H3. The Morgan fingerprint density at radius 3 is 1.61 bits per heavy atom. The highest BCUT2D eigenvalue weighted by Gasteiger charge is 2.16. The smallest absolute Gasteiger partial charge is 0.338 e. The van der Waals surface area contributed by atoms with E-state index in [4.69, 9.17) is 23.7 Å². The van der Waals surface area contributed by atoms with Gasteiger partial charge >= 0.3 is 5.97 Å².